The molecule has 0 unspecified atom stereocenters. The standard InChI is InChI=1S/C16H21N3O2S/c1-6-17-12(20)8-19(5)16(21)14-11(4)13-9(2)7-10(3)18-15(13)22-14/h7H,6,8H2,1-5H3,(H,17,20). The van der Waals surface area contributed by atoms with Gasteiger partial charge in [0.25, 0.3) is 5.91 Å². The van der Waals surface area contributed by atoms with Crippen molar-refractivity contribution in [1.29, 1.82) is 0 Å². The maximum Gasteiger partial charge on any atom is 0.264 e. The van der Waals surface area contributed by atoms with Crippen LogP contribution in [0.2, 0.25) is 0 Å². The highest BCUT2D eigenvalue weighted by atomic mass is 32.1. The van der Waals surface area contributed by atoms with Crippen molar-refractivity contribution in [2.24, 2.45) is 0 Å². The van der Waals surface area contributed by atoms with Crippen LogP contribution in [0.4, 0.5) is 0 Å². The van der Waals surface area contributed by atoms with Gasteiger partial charge >= 0.3 is 0 Å². The van der Waals surface area contributed by atoms with Crippen LogP contribution in [0.5, 0.6) is 0 Å². The number of thiophene rings is 1. The van der Waals surface area contributed by atoms with E-state index in [2.05, 4.69) is 10.3 Å². The molecule has 5 nitrogen and oxygen atoms in total. The van der Waals surface area contributed by atoms with Gasteiger partial charge in [0.15, 0.2) is 0 Å². The van der Waals surface area contributed by atoms with E-state index in [0.717, 1.165) is 27.0 Å². The van der Waals surface area contributed by atoms with Crippen LogP contribution >= 0.6 is 11.3 Å². The van der Waals surface area contributed by atoms with Crippen molar-refractivity contribution in [3.8, 4) is 0 Å². The van der Waals surface area contributed by atoms with Crippen LogP contribution in [0, 0.1) is 20.8 Å². The molecule has 0 saturated heterocycles. The highest BCUT2D eigenvalue weighted by Crippen LogP contribution is 2.32. The van der Waals surface area contributed by atoms with Crippen molar-refractivity contribution in [3.63, 3.8) is 0 Å². The van der Waals surface area contributed by atoms with Gasteiger partial charge in [-0.25, -0.2) is 4.98 Å². The number of nitrogens with zero attached hydrogens (tertiary/aromatic N) is 2. The molecule has 0 spiro atoms. The first kappa shape index (κ1) is 16.4. The van der Waals surface area contributed by atoms with Gasteiger partial charge in [0.1, 0.15) is 4.83 Å². The Balaban J connectivity index is 2.34. The highest BCUT2D eigenvalue weighted by molar-refractivity contribution is 7.20. The Labute approximate surface area is 134 Å². The topological polar surface area (TPSA) is 62.3 Å². The Kier molecular flexibility index (Phi) is 4.81. The average Bonchev–Trinajstić information content (AvgIpc) is 2.75. The number of carbonyl (C=O) groups is 2. The molecule has 0 aliphatic carbocycles. The number of amides is 2. The van der Waals surface area contributed by atoms with E-state index in [1.165, 1.54) is 16.2 Å². The molecule has 2 amide bonds. The van der Waals surface area contributed by atoms with Gasteiger partial charge < -0.3 is 10.2 Å². The van der Waals surface area contributed by atoms with Gasteiger partial charge in [0.05, 0.1) is 11.4 Å². The minimum Gasteiger partial charge on any atom is -0.355 e. The van der Waals surface area contributed by atoms with E-state index in [1.807, 2.05) is 33.8 Å². The van der Waals surface area contributed by atoms with E-state index in [0.29, 0.717) is 11.4 Å². The summed E-state index contributed by atoms with van der Waals surface area (Å²) in [7, 11) is 1.65. The zero-order valence-corrected chi connectivity index (χ0v) is 14.4. The van der Waals surface area contributed by atoms with Gasteiger partial charge in [0.2, 0.25) is 5.91 Å². The molecule has 0 aromatic carbocycles. The molecule has 0 aliphatic heterocycles. The first-order chi connectivity index (χ1) is 10.3. The molecule has 0 aliphatic rings. The molecule has 0 saturated carbocycles. The first-order valence-corrected chi connectivity index (χ1v) is 8.06. The third-order valence-electron chi connectivity index (χ3n) is 3.52. The number of rotatable bonds is 4. The third-order valence-corrected chi connectivity index (χ3v) is 4.70. The van der Waals surface area contributed by atoms with Crippen LogP contribution in [-0.4, -0.2) is 41.8 Å². The number of pyridine rings is 1. The number of aromatic nitrogens is 1. The monoisotopic (exact) mass is 319 g/mol. The van der Waals surface area contributed by atoms with E-state index in [9.17, 15) is 9.59 Å². The van der Waals surface area contributed by atoms with Crippen molar-refractivity contribution < 1.29 is 9.59 Å². The maximum absolute atomic E-state index is 12.6. The minimum absolute atomic E-state index is 0.0613. The summed E-state index contributed by atoms with van der Waals surface area (Å²) in [6.45, 7) is 8.40. The summed E-state index contributed by atoms with van der Waals surface area (Å²) in [5, 5.41) is 3.75. The van der Waals surface area contributed by atoms with Crippen molar-refractivity contribution in [1.82, 2.24) is 15.2 Å². The summed E-state index contributed by atoms with van der Waals surface area (Å²) in [4.78, 5) is 31.7. The molecular weight excluding hydrogens is 298 g/mol. The van der Waals surface area contributed by atoms with Crippen LogP contribution in [-0.2, 0) is 4.79 Å². The third kappa shape index (κ3) is 3.11. The van der Waals surface area contributed by atoms with E-state index >= 15 is 0 Å². The number of nitrogens with one attached hydrogen (secondary N) is 1. The fourth-order valence-electron chi connectivity index (χ4n) is 2.54. The van der Waals surface area contributed by atoms with E-state index in [4.69, 9.17) is 0 Å². The molecule has 2 rings (SSSR count). The zero-order chi connectivity index (χ0) is 16.4. The van der Waals surface area contributed by atoms with Crippen molar-refractivity contribution in [2.45, 2.75) is 27.7 Å². The molecule has 0 atom stereocenters. The minimum atomic E-state index is -0.151. The Hall–Kier alpha value is -1.95. The zero-order valence-electron chi connectivity index (χ0n) is 13.6. The van der Waals surface area contributed by atoms with Crippen LogP contribution in [0.15, 0.2) is 6.07 Å². The highest BCUT2D eigenvalue weighted by Gasteiger charge is 2.22. The number of fused-ring (bicyclic) bond motifs is 1. The Morgan fingerprint density at radius 2 is 2.00 bits per heavy atom. The van der Waals surface area contributed by atoms with E-state index in [-0.39, 0.29) is 18.4 Å². The molecule has 6 heteroatoms. The van der Waals surface area contributed by atoms with Gasteiger partial charge in [-0.3, -0.25) is 9.59 Å². The van der Waals surface area contributed by atoms with E-state index in [1.54, 1.807) is 7.05 Å². The van der Waals surface area contributed by atoms with Gasteiger partial charge in [-0.2, -0.15) is 0 Å². The number of aryl methyl sites for hydroxylation is 3. The van der Waals surface area contributed by atoms with Crippen molar-refractivity contribution in [2.75, 3.05) is 20.1 Å². The first-order valence-electron chi connectivity index (χ1n) is 7.24. The summed E-state index contributed by atoms with van der Waals surface area (Å²) in [5.74, 6) is -0.286. The number of carbonyl (C=O) groups excluding carboxylic acids is 2. The predicted octanol–water partition coefficient (Wildman–Crippen LogP) is 2.43. The average molecular weight is 319 g/mol. The second-order valence-electron chi connectivity index (χ2n) is 5.43. The quantitative estimate of drug-likeness (QED) is 0.941. The van der Waals surface area contributed by atoms with Gasteiger partial charge in [-0.15, -0.1) is 11.3 Å². The molecule has 2 aromatic rings. The predicted molar refractivity (Wildman–Crippen MR) is 89.5 cm³/mol. The molecule has 0 fully saturated rings. The summed E-state index contributed by atoms with van der Waals surface area (Å²) < 4.78 is 0. The molecule has 2 heterocycles. The molecule has 0 radical (unpaired) electrons. The molecule has 2 aromatic heterocycles. The second kappa shape index (κ2) is 6.44. The summed E-state index contributed by atoms with van der Waals surface area (Å²) in [6, 6.07) is 2.02. The largest absolute Gasteiger partial charge is 0.355 e. The number of hydrogen-bond donors (Lipinski definition) is 1. The number of hydrogen-bond acceptors (Lipinski definition) is 4. The lowest BCUT2D eigenvalue weighted by atomic mass is 10.1. The smallest absolute Gasteiger partial charge is 0.264 e. The Bertz CT molecular complexity index is 737. The van der Waals surface area contributed by atoms with Crippen LogP contribution in [0.25, 0.3) is 10.2 Å². The normalized spacial score (nSPS) is 10.8. The van der Waals surface area contributed by atoms with Gasteiger partial charge in [-0.1, -0.05) is 0 Å². The fourth-order valence-corrected chi connectivity index (χ4v) is 3.83. The maximum atomic E-state index is 12.6. The van der Waals surface area contributed by atoms with Gasteiger partial charge in [-0.05, 0) is 44.9 Å². The summed E-state index contributed by atoms with van der Waals surface area (Å²) in [6.07, 6.45) is 0. The van der Waals surface area contributed by atoms with Crippen LogP contribution in [0.1, 0.15) is 33.4 Å². The Morgan fingerprint density at radius 1 is 1.32 bits per heavy atom. The SMILES string of the molecule is CCNC(=O)CN(C)C(=O)c1sc2nc(C)cc(C)c2c1C. The Morgan fingerprint density at radius 3 is 2.64 bits per heavy atom. The number of likely N-dealkylation sites (N-methyl/N-ethyl adjacent to an activating group) is 2. The lowest BCUT2D eigenvalue weighted by Crippen LogP contribution is -2.38. The van der Waals surface area contributed by atoms with Crippen molar-refractivity contribution in [3.05, 3.63) is 27.8 Å². The van der Waals surface area contributed by atoms with Crippen LogP contribution in [0.3, 0.4) is 0 Å². The molecule has 0 bridgehead atoms. The second-order valence-corrected chi connectivity index (χ2v) is 6.43. The summed E-state index contributed by atoms with van der Waals surface area (Å²) >= 11 is 1.40. The summed E-state index contributed by atoms with van der Waals surface area (Å²) in [5.41, 5.74) is 3.01. The lowest BCUT2D eigenvalue weighted by Gasteiger charge is -2.16. The lowest BCUT2D eigenvalue weighted by molar-refractivity contribution is -0.121. The van der Waals surface area contributed by atoms with Crippen molar-refractivity contribution >= 4 is 33.4 Å². The van der Waals surface area contributed by atoms with Crippen LogP contribution < -0.4 is 5.32 Å². The molecule has 1 N–H and O–H groups in total. The van der Waals surface area contributed by atoms with E-state index < -0.39 is 0 Å². The molecule has 118 valence electrons. The fraction of sp³-hybridized carbons (Fsp3) is 0.438. The molecular formula is C16H21N3O2S. The molecule has 22 heavy (non-hydrogen) atoms. The van der Waals surface area contributed by atoms with Gasteiger partial charge in [0, 0.05) is 24.7 Å².